The molecule has 31 heavy (non-hydrogen) atoms. The molecule has 0 atom stereocenters. The van der Waals surface area contributed by atoms with Crippen LogP contribution < -0.4 is 0 Å². The number of methoxy groups -OCH3 is 1. The van der Waals surface area contributed by atoms with E-state index in [-0.39, 0.29) is 0 Å². The first-order chi connectivity index (χ1) is 15.3. The van der Waals surface area contributed by atoms with Crippen LogP contribution in [0.4, 0.5) is 0 Å². The van der Waals surface area contributed by atoms with Gasteiger partial charge < -0.3 is 9.64 Å². The minimum atomic E-state index is 0.706. The third kappa shape index (κ3) is 6.19. The first-order valence-electron chi connectivity index (χ1n) is 11.1. The Kier molecular flexibility index (Phi) is 7.76. The molecule has 4 heterocycles. The Morgan fingerprint density at radius 2 is 1.77 bits per heavy atom. The first kappa shape index (κ1) is 21.6. The van der Waals surface area contributed by atoms with E-state index in [0.717, 1.165) is 51.8 Å². The van der Waals surface area contributed by atoms with Crippen molar-refractivity contribution in [3.8, 4) is 5.95 Å². The second-order valence-corrected chi connectivity index (χ2v) is 8.22. The summed E-state index contributed by atoms with van der Waals surface area (Å²) in [6.45, 7) is 7.02. The molecule has 3 aromatic rings. The van der Waals surface area contributed by atoms with Gasteiger partial charge in [0.05, 0.1) is 6.61 Å². The zero-order chi connectivity index (χ0) is 21.3. The van der Waals surface area contributed by atoms with Gasteiger partial charge in [-0.2, -0.15) is 0 Å². The van der Waals surface area contributed by atoms with E-state index in [4.69, 9.17) is 4.74 Å². The topological polar surface area (TPSA) is 59.3 Å². The highest BCUT2D eigenvalue weighted by Gasteiger charge is 2.22. The first-order valence-corrected chi connectivity index (χ1v) is 11.1. The highest BCUT2D eigenvalue weighted by molar-refractivity contribution is 5.21. The van der Waals surface area contributed by atoms with E-state index in [9.17, 15) is 0 Å². The van der Waals surface area contributed by atoms with Gasteiger partial charge in [-0.25, -0.2) is 9.97 Å². The van der Waals surface area contributed by atoms with Gasteiger partial charge >= 0.3 is 0 Å². The second-order valence-electron chi connectivity index (χ2n) is 8.22. The van der Waals surface area contributed by atoms with Gasteiger partial charge in [0.15, 0.2) is 0 Å². The maximum absolute atomic E-state index is 5.24. The Bertz CT molecular complexity index is 893. The number of pyridine rings is 1. The van der Waals surface area contributed by atoms with Crippen LogP contribution in [0.5, 0.6) is 0 Å². The van der Waals surface area contributed by atoms with Crippen molar-refractivity contribution < 1.29 is 4.74 Å². The molecule has 7 nitrogen and oxygen atoms in total. The molecule has 1 aliphatic rings. The molecule has 0 amide bonds. The van der Waals surface area contributed by atoms with Crippen molar-refractivity contribution in [3.63, 3.8) is 0 Å². The SMILES string of the molecule is COCCN1CCC(CN(Cc2ccncc2)Cc2cccn2-c2ncccn2)CC1. The number of piperidine rings is 1. The molecular formula is C24H32N6O. The molecule has 0 N–H and O–H groups in total. The smallest absolute Gasteiger partial charge is 0.233 e. The summed E-state index contributed by atoms with van der Waals surface area (Å²) in [4.78, 5) is 18.1. The quantitative estimate of drug-likeness (QED) is 0.503. The van der Waals surface area contributed by atoms with Gasteiger partial charge in [0.2, 0.25) is 5.95 Å². The molecule has 0 saturated carbocycles. The summed E-state index contributed by atoms with van der Waals surface area (Å²) in [5, 5.41) is 0. The Morgan fingerprint density at radius 3 is 2.52 bits per heavy atom. The van der Waals surface area contributed by atoms with E-state index in [1.165, 1.54) is 24.1 Å². The highest BCUT2D eigenvalue weighted by atomic mass is 16.5. The van der Waals surface area contributed by atoms with Crippen LogP contribution >= 0.6 is 0 Å². The number of likely N-dealkylation sites (tertiary alicyclic amines) is 1. The average molecular weight is 421 g/mol. The largest absolute Gasteiger partial charge is 0.383 e. The maximum Gasteiger partial charge on any atom is 0.233 e. The molecule has 3 aromatic heterocycles. The van der Waals surface area contributed by atoms with Crippen molar-refractivity contribution in [1.29, 1.82) is 0 Å². The van der Waals surface area contributed by atoms with Crippen molar-refractivity contribution in [3.05, 3.63) is 72.6 Å². The van der Waals surface area contributed by atoms with Gasteiger partial charge in [-0.05, 0) is 67.7 Å². The normalized spacial score (nSPS) is 15.5. The minimum absolute atomic E-state index is 0.706. The summed E-state index contributed by atoms with van der Waals surface area (Å²) < 4.78 is 7.33. The molecule has 0 radical (unpaired) electrons. The number of aromatic nitrogens is 4. The van der Waals surface area contributed by atoms with Crippen molar-refractivity contribution in [1.82, 2.24) is 29.3 Å². The lowest BCUT2D eigenvalue weighted by Gasteiger charge is -2.35. The summed E-state index contributed by atoms with van der Waals surface area (Å²) >= 11 is 0. The number of hydrogen-bond donors (Lipinski definition) is 0. The van der Waals surface area contributed by atoms with E-state index in [0.29, 0.717) is 5.92 Å². The fourth-order valence-corrected chi connectivity index (χ4v) is 4.29. The molecule has 164 valence electrons. The van der Waals surface area contributed by atoms with Crippen LogP contribution in [0.3, 0.4) is 0 Å². The van der Waals surface area contributed by atoms with E-state index in [1.807, 2.05) is 24.7 Å². The van der Waals surface area contributed by atoms with Crippen molar-refractivity contribution in [2.45, 2.75) is 25.9 Å². The number of hydrogen-bond acceptors (Lipinski definition) is 6. The van der Waals surface area contributed by atoms with Crippen molar-refractivity contribution >= 4 is 0 Å². The van der Waals surface area contributed by atoms with Crippen LogP contribution in [-0.4, -0.2) is 69.2 Å². The predicted molar refractivity (Wildman–Crippen MR) is 121 cm³/mol. The predicted octanol–water partition coefficient (Wildman–Crippen LogP) is 3.02. The van der Waals surface area contributed by atoms with Gasteiger partial charge in [-0.15, -0.1) is 0 Å². The molecule has 1 saturated heterocycles. The molecule has 1 fully saturated rings. The van der Waals surface area contributed by atoms with Crippen LogP contribution in [0.2, 0.25) is 0 Å². The molecular weight excluding hydrogens is 388 g/mol. The van der Waals surface area contributed by atoms with E-state index >= 15 is 0 Å². The third-order valence-corrected chi connectivity index (χ3v) is 5.98. The van der Waals surface area contributed by atoms with Gasteiger partial charge in [0.25, 0.3) is 0 Å². The zero-order valence-corrected chi connectivity index (χ0v) is 18.3. The number of rotatable bonds is 10. The Labute approximate surface area is 184 Å². The van der Waals surface area contributed by atoms with Crippen LogP contribution in [0.15, 0.2) is 61.3 Å². The fraction of sp³-hybridized carbons (Fsp3) is 0.458. The molecule has 7 heteroatoms. The zero-order valence-electron chi connectivity index (χ0n) is 18.3. The van der Waals surface area contributed by atoms with E-state index in [2.05, 4.69) is 53.6 Å². The van der Waals surface area contributed by atoms with E-state index < -0.39 is 0 Å². The van der Waals surface area contributed by atoms with Crippen molar-refractivity contribution in [2.75, 3.05) is 39.9 Å². The van der Waals surface area contributed by atoms with Crippen LogP contribution in [0.25, 0.3) is 5.95 Å². The molecule has 0 bridgehead atoms. The second kappa shape index (κ2) is 11.1. The summed E-state index contributed by atoms with van der Waals surface area (Å²) in [5.74, 6) is 1.43. The maximum atomic E-state index is 5.24. The number of ether oxygens (including phenoxy) is 1. The lowest BCUT2D eigenvalue weighted by Crippen LogP contribution is -2.39. The monoisotopic (exact) mass is 420 g/mol. The molecule has 4 rings (SSSR count). The molecule has 1 aliphatic heterocycles. The Balaban J connectivity index is 1.44. The molecule has 0 aromatic carbocycles. The highest BCUT2D eigenvalue weighted by Crippen LogP contribution is 2.21. The van der Waals surface area contributed by atoms with Gasteiger partial charge in [-0.1, -0.05) is 0 Å². The third-order valence-electron chi connectivity index (χ3n) is 5.98. The number of nitrogens with zero attached hydrogens (tertiary/aromatic N) is 6. The molecule has 0 spiro atoms. The van der Waals surface area contributed by atoms with Gasteiger partial charge in [0.1, 0.15) is 0 Å². The fourth-order valence-electron chi connectivity index (χ4n) is 4.29. The standard InChI is InChI=1S/C24H32N6O/c1-31-17-16-28-14-7-22(8-15-28)19-29(18-21-5-11-25-12-6-21)20-23-4-2-13-30(23)24-26-9-3-10-27-24/h2-6,9-13,22H,7-8,14-20H2,1H3. The van der Waals surface area contributed by atoms with Gasteiger partial charge in [-0.3, -0.25) is 14.5 Å². The summed E-state index contributed by atoms with van der Waals surface area (Å²) in [5.41, 5.74) is 2.50. The lowest BCUT2D eigenvalue weighted by molar-refractivity contribution is 0.103. The summed E-state index contributed by atoms with van der Waals surface area (Å²) in [7, 11) is 1.78. The van der Waals surface area contributed by atoms with E-state index in [1.54, 1.807) is 19.5 Å². The Morgan fingerprint density at radius 1 is 1.00 bits per heavy atom. The molecule has 0 aliphatic carbocycles. The Hall–Kier alpha value is -2.61. The summed E-state index contributed by atoms with van der Waals surface area (Å²) in [6.07, 6.45) is 11.9. The van der Waals surface area contributed by atoms with Crippen LogP contribution in [0, 0.1) is 5.92 Å². The van der Waals surface area contributed by atoms with Crippen LogP contribution in [-0.2, 0) is 17.8 Å². The lowest BCUT2D eigenvalue weighted by atomic mass is 9.96. The van der Waals surface area contributed by atoms with Gasteiger partial charge in [0, 0.05) is 70.0 Å². The average Bonchev–Trinajstić information content (AvgIpc) is 3.28. The van der Waals surface area contributed by atoms with Crippen LogP contribution in [0.1, 0.15) is 24.1 Å². The summed E-state index contributed by atoms with van der Waals surface area (Å²) in [6, 6.07) is 10.3. The molecule has 0 unspecified atom stereocenters. The van der Waals surface area contributed by atoms with Crippen molar-refractivity contribution in [2.24, 2.45) is 5.92 Å². The minimum Gasteiger partial charge on any atom is -0.383 e.